The molecule has 5 heteroatoms. The Morgan fingerprint density at radius 3 is 2.88 bits per heavy atom. The lowest BCUT2D eigenvalue weighted by Gasteiger charge is -2.12. The van der Waals surface area contributed by atoms with E-state index in [-0.39, 0.29) is 11.9 Å². The quantitative estimate of drug-likeness (QED) is 0.766. The van der Waals surface area contributed by atoms with Gasteiger partial charge in [0.15, 0.2) is 5.17 Å². The van der Waals surface area contributed by atoms with Crippen molar-refractivity contribution in [1.29, 1.82) is 0 Å². The van der Waals surface area contributed by atoms with Gasteiger partial charge in [0, 0.05) is 18.2 Å². The first kappa shape index (κ1) is 13.4. The molecule has 1 heterocycles. The van der Waals surface area contributed by atoms with Crippen molar-refractivity contribution in [3.05, 3.63) is 0 Å². The van der Waals surface area contributed by atoms with Crippen LogP contribution < -0.4 is 11.1 Å². The molecule has 16 heavy (non-hydrogen) atoms. The number of nitrogens with zero attached hydrogens (tertiary/aromatic N) is 1. The van der Waals surface area contributed by atoms with Gasteiger partial charge in [-0.15, -0.1) is 0 Å². The van der Waals surface area contributed by atoms with Crippen molar-refractivity contribution in [2.75, 3.05) is 5.75 Å². The molecule has 1 aliphatic heterocycles. The minimum atomic E-state index is -0.276. The lowest BCUT2D eigenvalue weighted by molar-refractivity contribution is -0.118. The number of thioether (sulfide) groups is 1. The molecule has 0 fully saturated rings. The van der Waals surface area contributed by atoms with Crippen LogP contribution in [0.3, 0.4) is 0 Å². The van der Waals surface area contributed by atoms with E-state index in [0.29, 0.717) is 18.4 Å². The Morgan fingerprint density at radius 2 is 2.31 bits per heavy atom. The van der Waals surface area contributed by atoms with E-state index in [1.165, 1.54) is 0 Å². The standard InChI is InChI=1S/C11H21N3OS/c1-7(2)4-9-6-16-11(14-9)13-8(3)5-10(12)15/h7-9H,4-6H2,1-3H3,(H2,12,15)(H,13,14). The van der Waals surface area contributed by atoms with Gasteiger partial charge in [0.05, 0.1) is 6.04 Å². The minimum absolute atomic E-state index is 0.0709. The third kappa shape index (κ3) is 4.88. The second-order valence-electron chi connectivity index (χ2n) is 4.74. The zero-order valence-corrected chi connectivity index (χ0v) is 11.0. The van der Waals surface area contributed by atoms with Gasteiger partial charge in [-0.1, -0.05) is 25.6 Å². The van der Waals surface area contributed by atoms with Gasteiger partial charge in [-0.05, 0) is 19.3 Å². The highest BCUT2D eigenvalue weighted by Gasteiger charge is 2.20. The maximum absolute atomic E-state index is 10.7. The smallest absolute Gasteiger partial charge is 0.219 e. The third-order valence-electron chi connectivity index (χ3n) is 2.33. The van der Waals surface area contributed by atoms with Crippen LogP contribution in [0.25, 0.3) is 0 Å². The number of hydrogen-bond donors (Lipinski definition) is 2. The van der Waals surface area contributed by atoms with Crippen molar-refractivity contribution in [3.8, 4) is 0 Å². The zero-order chi connectivity index (χ0) is 12.1. The van der Waals surface area contributed by atoms with Gasteiger partial charge in [-0.25, -0.2) is 0 Å². The Kier molecular flexibility index (Phi) is 5.12. The van der Waals surface area contributed by atoms with Gasteiger partial charge in [0.2, 0.25) is 5.91 Å². The Morgan fingerprint density at radius 1 is 1.62 bits per heavy atom. The van der Waals surface area contributed by atoms with Crippen molar-refractivity contribution in [2.45, 2.75) is 45.7 Å². The number of primary amides is 1. The van der Waals surface area contributed by atoms with Crippen LogP contribution in [0.1, 0.15) is 33.6 Å². The summed E-state index contributed by atoms with van der Waals surface area (Å²) in [6, 6.07) is 0.495. The van der Waals surface area contributed by atoms with Crippen LogP contribution in [0.2, 0.25) is 0 Å². The Labute approximate surface area is 101 Å². The molecule has 4 nitrogen and oxygen atoms in total. The summed E-state index contributed by atoms with van der Waals surface area (Å²) in [7, 11) is 0. The molecular formula is C11H21N3OS. The summed E-state index contributed by atoms with van der Waals surface area (Å²) in [4.78, 5) is 15.3. The predicted molar refractivity (Wildman–Crippen MR) is 69.5 cm³/mol. The van der Waals surface area contributed by atoms with Crippen molar-refractivity contribution in [1.82, 2.24) is 5.32 Å². The topological polar surface area (TPSA) is 67.5 Å². The molecule has 0 spiro atoms. The molecule has 0 aliphatic carbocycles. The predicted octanol–water partition coefficient (Wildman–Crippen LogP) is 1.36. The van der Waals surface area contributed by atoms with Crippen LogP contribution in [0.5, 0.6) is 0 Å². The first-order valence-electron chi connectivity index (χ1n) is 5.72. The van der Waals surface area contributed by atoms with E-state index in [0.717, 1.165) is 17.3 Å². The molecule has 2 atom stereocenters. The van der Waals surface area contributed by atoms with Crippen molar-refractivity contribution in [3.63, 3.8) is 0 Å². The number of hydrogen-bond acceptors (Lipinski definition) is 4. The lowest BCUT2D eigenvalue weighted by atomic mass is 10.1. The number of amidine groups is 1. The Balaban J connectivity index is 2.35. The van der Waals surface area contributed by atoms with Crippen LogP contribution in [-0.4, -0.2) is 28.9 Å². The zero-order valence-electron chi connectivity index (χ0n) is 10.2. The van der Waals surface area contributed by atoms with Crippen molar-refractivity contribution >= 4 is 22.8 Å². The van der Waals surface area contributed by atoms with Crippen LogP contribution >= 0.6 is 11.8 Å². The number of carbonyl (C=O) groups excluding carboxylic acids is 1. The molecule has 0 aromatic rings. The van der Waals surface area contributed by atoms with E-state index in [1.54, 1.807) is 11.8 Å². The number of nitrogens with two attached hydrogens (primary N) is 1. The summed E-state index contributed by atoms with van der Waals surface area (Å²) in [5.41, 5.74) is 5.14. The molecule has 0 aromatic heterocycles. The first-order chi connectivity index (χ1) is 7.47. The van der Waals surface area contributed by atoms with Crippen molar-refractivity contribution < 1.29 is 4.79 Å². The van der Waals surface area contributed by atoms with E-state index < -0.39 is 0 Å². The van der Waals surface area contributed by atoms with Crippen molar-refractivity contribution in [2.24, 2.45) is 16.6 Å². The van der Waals surface area contributed by atoms with Gasteiger partial charge < -0.3 is 11.1 Å². The molecule has 1 amide bonds. The van der Waals surface area contributed by atoms with E-state index in [9.17, 15) is 4.79 Å². The van der Waals surface area contributed by atoms with E-state index in [1.807, 2.05) is 6.92 Å². The average molecular weight is 243 g/mol. The van der Waals surface area contributed by atoms with Gasteiger partial charge in [0.1, 0.15) is 0 Å². The molecule has 0 radical (unpaired) electrons. The largest absolute Gasteiger partial charge is 0.370 e. The van der Waals surface area contributed by atoms with Gasteiger partial charge in [-0.3, -0.25) is 9.79 Å². The van der Waals surface area contributed by atoms with Crippen LogP contribution in [0.15, 0.2) is 4.99 Å². The molecule has 0 aromatic carbocycles. The molecule has 0 bridgehead atoms. The van der Waals surface area contributed by atoms with Crippen LogP contribution in [0.4, 0.5) is 0 Å². The summed E-state index contributed by atoms with van der Waals surface area (Å²) >= 11 is 1.73. The molecule has 2 unspecified atom stereocenters. The highest BCUT2D eigenvalue weighted by atomic mass is 32.2. The van der Waals surface area contributed by atoms with E-state index in [4.69, 9.17) is 5.73 Å². The summed E-state index contributed by atoms with van der Waals surface area (Å²) in [5, 5.41) is 4.18. The first-order valence-corrected chi connectivity index (χ1v) is 6.71. The molecule has 92 valence electrons. The molecule has 0 saturated carbocycles. The fourth-order valence-corrected chi connectivity index (χ4v) is 2.79. The number of aliphatic imine (C=N–C) groups is 1. The Hall–Kier alpha value is -0.710. The number of rotatable bonds is 5. The van der Waals surface area contributed by atoms with Gasteiger partial charge in [0.25, 0.3) is 0 Å². The van der Waals surface area contributed by atoms with Gasteiger partial charge in [-0.2, -0.15) is 0 Å². The van der Waals surface area contributed by atoms with Crippen LogP contribution in [-0.2, 0) is 4.79 Å². The minimum Gasteiger partial charge on any atom is -0.370 e. The molecule has 1 aliphatic rings. The second-order valence-corrected chi connectivity index (χ2v) is 5.75. The average Bonchev–Trinajstić information content (AvgIpc) is 2.49. The van der Waals surface area contributed by atoms with E-state index >= 15 is 0 Å². The summed E-state index contributed by atoms with van der Waals surface area (Å²) in [6.45, 7) is 6.37. The third-order valence-corrected chi connectivity index (χ3v) is 3.38. The molecular weight excluding hydrogens is 222 g/mol. The SMILES string of the molecule is CC(C)CC1CSC(NC(C)CC(N)=O)=N1. The highest BCUT2D eigenvalue weighted by Crippen LogP contribution is 2.22. The molecule has 1 rings (SSSR count). The van der Waals surface area contributed by atoms with Crippen LogP contribution in [0, 0.1) is 5.92 Å². The van der Waals surface area contributed by atoms with Gasteiger partial charge >= 0.3 is 0 Å². The second kappa shape index (κ2) is 6.13. The summed E-state index contributed by atoms with van der Waals surface area (Å²) < 4.78 is 0. The lowest BCUT2D eigenvalue weighted by Crippen LogP contribution is -2.33. The maximum Gasteiger partial charge on any atom is 0.219 e. The molecule has 3 N–H and O–H groups in total. The molecule has 0 saturated heterocycles. The number of amides is 1. The summed E-state index contributed by atoms with van der Waals surface area (Å²) in [5.74, 6) is 1.45. The fourth-order valence-electron chi connectivity index (χ4n) is 1.72. The maximum atomic E-state index is 10.7. The normalized spacial score (nSPS) is 22.0. The number of carbonyl (C=O) groups is 1. The number of nitrogens with one attached hydrogen (secondary N) is 1. The monoisotopic (exact) mass is 243 g/mol. The summed E-state index contributed by atoms with van der Waals surface area (Å²) in [6.07, 6.45) is 1.48. The fraction of sp³-hybridized carbons (Fsp3) is 0.818. The Bertz CT molecular complexity index is 278. The van der Waals surface area contributed by atoms with E-state index in [2.05, 4.69) is 24.2 Å². The highest BCUT2D eigenvalue weighted by molar-refractivity contribution is 8.14.